The molecule has 5 nitrogen and oxygen atoms in total. The Kier molecular flexibility index (Phi) is 5.19. The van der Waals surface area contributed by atoms with Crippen LogP contribution in [0.4, 0.5) is 5.69 Å². The number of para-hydroxylation sites is 1. The maximum absolute atomic E-state index is 12.8. The first-order valence-electron chi connectivity index (χ1n) is 9.68. The fourth-order valence-corrected chi connectivity index (χ4v) is 3.73. The molecule has 0 saturated carbocycles. The first-order chi connectivity index (χ1) is 13.2. The molecule has 1 amide bonds. The molecule has 27 heavy (non-hydrogen) atoms. The highest BCUT2D eigenvalue weighted by atomic mass is 16.6. The van der Waals surface area contributed by atoms with E-state index in [1.807, 2.05) is 29.2 Å². The van der Waals surface area contributed by atoms with Crippen molar-refractivity contribution in [2.45, 2.75) is 19.3 Å². The fourth-order valence-electron chi connectivity index (χ4n) is 3.73. The van der Waals surface area contributed by atoms with Gasteiger partial charge in [-0.05, 0) is 35.7 Å². The van der Waals surface area contributed by atoms with Crippen molar-refractivity contribution >= 4 is 11.6 Å². The molecule has 142 valence electrons. The van der Waals surface area contributed by atoms with Crippen LogP contribution in [0.15, 0.2) is 48.5 Å². The second kappa shape index (κ2) is 7.91. The number of rotatable bonds is 4. The maximum atomic E-state index is 12.8. The number of anilines is 1. The Morgan fingerprint density at radius 3 is 2.41 bits per heavy atom. The van der Waals surface area contributed by atoms with Crippen LogP contribution in [0.1, 0.15) is 24.8 Å². The standard InChI is InChI=1S/C22H26N2O3/c1-17(18-7-8-20-21(16-18)27-14-13-26-20)15-22(25)24-11-9-23(10-12-24)19-5-3-2-4-6-19/h2-8,16-17H,9-15H2,1H3. The number of nitrogens with zero attached hydrogens (tertiary/aromatic N) is 2. The molecular formula is C22H26N2O3. The van der Waals surface area contributed by atoms with Crippen LogP contribution in [-0.2, 0) is 4.79 Å². The van der Waals surface area contributed by atoms with Gasteiger partial charge in [0.05, 0.1) is 0 Å². The quantitative estimate of drug-likeness (QED) is 0.833. The number of fused-ring (bicyclic) bond motifs is 1. The second-order valence-corrected chi connectivity index (χ2v) is 7.21. The van der Waals surface area contributed by atoms with Crippen LogP contribution in [0.5, 0.6) is 11.5 Å². The Labute approximate surface area is 160 Å². The molecule has 1 unspecified atom stereocenters. The van der Waals surface area contributed by atoms with E-state index in [1.165, 1.54) is 5.69 Å². The normalized spacial score (nSPS) is 17.5. The zero-order valence-electron chi connectivity index (χ0n) is 15.8. The van der Waals surface area contributed by atoms with Crippen LogP contribution in [0.2, 0.25) is 0 Å². The van der Waals surface area contributed by atoms with Crippen molar-refractivity contribution in [2.24, 2.45) is 0 Å². The van der Waals surface area contributed by atoms with Crippen molar-refractivity contribution < 1.29 is 14.3 Å². The highest BCUT2D eigenvalue weighted by Gasteiger charge is 2.23. The van der Waals surface area contributed by atoms with Crippen molar-refractivity contribution in [2.75, 3.05) is 44.3 Å². The molecule has 2 heterocycles. The molecule has 5 heteroatoms. The van der Waals surface area contributed by atoms with Gasteiger partial charge in [-0.1, -0.05) is 31.2 Å². The predicted octanol–water partition coefficient (Wildman–Crippen LogP) is 3.30. The molecule has 1 atom stereocenters. The Bertz CT molecular complexity index is 785. The number of amides is 1. The largest absolute Gasteiger partial charge is 0.486 e. The monoisotopic (exact) mass is 366 g/mol. The van der Waals surface area contributed by atoms with E-state index in [9.17, 15) is 4.79 Å². The topological polar surface area (TPSA) is 42.0 Å². The van der Waals surface area contributed by atoms with Gasteiger partial charge in [-0.25, -0.2) is 0 Å². The van der Waals surface area contributed by atoms with E-state index in [-0.39, 0.29) is 11.8 Å². The minimum absolute atomic E-state index is 0.153. The highest BCUT2D eigenvalue weighted by molar-refractivity contribution is 5.77. The van der Waals surface area contributed by atoms with E-state index in [1.54, 1.807) is 0 Å². The van der Waals surface area contributed by atoms with E-state index in [0.717, 1.165) is 43.2 Å². The summed E-state index contributed by atoms with van der Waals surface area (Å²) < 4.78 is 11.2. The van der Waals surface area contributed by atoms with Gasteiger partial charge < -0.3 is 19.3 Å². The summed E-state index contributed by atoms with van der Waals surface area (Å²) in [5.74, 6) is 1.96. The molecule has 4 rings (SSSR count). The molecule has 2 aromatic carbocycles. The lowest BCUT2D eigenvalue weighted by Gasteiger charge is -2.36. The number of carbonyl (C=O) groups excluding carboxylic acids is 1. The second-order valence-electron chi connectivity index (χ2n) is 7.21. The van der Waals surface area contributed by atoms with Gasteiger partial charge in [-0.2, -0.15) is 0 Å². The van der Waals surface area contributed by atoms with Gasteiger partial charge in [-0.15, -0.1) is 0 Å². The molecule has 0 spiro atoms. The molecule has 0 aliphatic carbocycles. The maximum Gasteiger partial charge on any atom is 0.223 e. The summed E-state index contributed by atoms with van der Waals surface area (Å²) in [4.78, 5) is 17.1. The zero-order valence-corrected chi connectivity index (χ0v) is 15.8. The fraction of sp³-hybridized carbons (Fsp3) is 0.409. The SMILES string of the molecule is CC(CC(=O)N1CCN(c2ccccc2)CC1)c1ccc2c(c1)OCCO2. The van der Waals surface area contributed by atoms with Crippen molar-refractivity contribution in [1.82, 2.24) is 4.90 Å². The minimum atomic E-state index is 0.153. The van der Waals surface area contributed by atoms with Crippen LogP contribution < -0.4 is 14.4 Å². The first kappa shape index (κ1) is 17.7. The molecule has 1 fully saturated rings. The number of carbonyl (C=O) groups is 1. The van der Waals surface area contributed by atoms with E-state index in [2.05, 4.69) is 36.1 Å². The lowest BCUT2D eigenvalue weighted by molar-refractivity contribution is -0.131. The predicted molar refractivity (Wildman–Crippen MR) is 106 cm³/mol. The molecule has 2 aliphatic rings. The molecule has 0 radical (unpaired) electrons. The zero-order chi connectivity index (χ0) is 18.6. The van der Waals surface area contributed by atoms with Crippen LogP contribution in [0.25, 0.3) is 0 Å². The Morgan fingerprint density at radius 1 is 0.963 bits per heavy atom. The Hall–Kier alpha value is -2.69. The minimum Gasteiger partial charge on any atom is -0.486 e. The average Bonchev–Trinajstić information content (AvgIpc) is 2.74. The molecular weight excluding hydrogens is 340 g/mol. The first-order valence-corrected chi connectivity index (χ1v) is 9.68. The molecule has 2 aromatic rings. The van der Waals surface area contributed by atoms with Crippen molar-refractivity contribution in [3.8, 4) is 11.5 Å². The van der Waals surface area contributed by atoms with Crippen LogP contribution in [-0.4, -0.2) is 50.2 Å². The molecule has 0 aromatic heterocycles. The van der Waals surface area contributed by atoms with Crippen molar-refractivity contribution in [3.63, 3.8) is 0 Å². The van der Waals surface area contributed by atoms with Crippen LogP contribution in [0.3, 0.4) is 0 Å². The van der Waals surface area contributed by atoms with Crippen LogP contribution in [0, 0.1) is 0 Å². The summed E-state index contributed by atoms with van der Waals surface area (Å²) >= 11 is 0. The average molecular weight is 366 g/mol. The summed E-state index contributed by atoms with van der Waals surface area (Å²) in [5, 5.41) is 0. The van der Waals surface area contributed by atoms with E-state index >= 15 is 0 Å². The highest BCUT2D eigenvalue weighted by Crippen LogP contribution is 2.34. The third-order valence-electron chi connectivity index (χ3n) is 5.37. The molecule has 2 aliphatic heterocycles. The van der Waals surface area contributed by atoms with Gasteiger partial charge in [0.25, 0.3) is 0 Å². The number of benzene rings is 2. The Balaban J connectivity index is 1.33. The number of hydrogen-bond donors (Lipinski definition) is 0. The molecule has 1 saturated heterocycles. The molecule has 0 bridgehead atoms. The number of piperazine rings is 1. The summed E-state index contributed by atoms with van der Waals surface area (Å²) in [5.41, 5.74) is 2.35. The van der Waals surface area contributed by atoms with E-state index in [0.29, 0.717) is 19.6 Å². The summed E-state index contributed by atoms with van der Waals surface area (Å²) in [6.07, 6.45) is 0.519. The van der Waals surface area contributed by atoms with Crippen molar-refractivity contribution in [1.29, 1.82) is 0 Å². The van der Waals surface area contributed by atoms with Crippen LogP contribution >= 0.6 is 0 Å². The smallest absolute Gasteiger partial charge is 0.223 e. The lowest BCUT2D eigenvalue weighted by Crippen LogP contribution is -2.49. The van der Waals surface area contributed by atoms with E-state index in [4.69, 9.17) is 9.47 Å². The third-order valence-corrected chi connectivity index (χ3v) is 5.37. The summed E-state index contributed by atoms with van der Waals surface area (Å²) in [6, 6.07) is 16.4. The summed E-state index contributed by atoms with van der Waals surface area (Å²) in [7, 11) is 0. The molecule has 0 N–H and O–H groups in total. The van der Waals surface area contributed by atoms with Gasteiger partial charge in [0, 0.05) is 38.3 Å². The van der Waals surface area contributed by atoms with Gasteiger partial charge in [-0.3, -0.25) is 4.79 Å². The van der Waals surface area contributed by atoms with Crippen molar-refractivity contribution in [3.05, 3.63) is 54.1 Å². The lowest BCUT2D eigenvalue weighted by atomic mass is 9.96. The van der Waals surface area contributed by atoms with E-state index < -0.39 is 0 Å². The third kappa shape index (κ3) is 4.02. The van der Waals surface area contributed by atoms with Gasteiger partial charge >= 0.3 is 0 Å². The van der Waals surface area contributed by atoms with Gasteiger partial charge in [0.1, 0.15) is 13.2 Å². The number of ether oxygens (including phenoxy) is 2. The number of hydrogen-bond acceptors (Lipinski definition) is 4. The Morgan fingerprint density at radius 2 is 1.67 bits per heavy atom. The van der Waals surface area contributed by atoms with Gasteiger partial charge in [0.2, 0.25) is 5.91 Å². The van der Waals surface area contributed by atoms with Gasteiger partial charge in [0.15, 0.2) is 11.5 Å². The summed E-state index contributed by atoms with van der Waals surface area (Å²) in [6.45, 7) is 6.60.